The summed E-state index contributed by atoms with van der Waals surface area (Å²) in [7, 11) is 0. The van der Waals surface area contributed by atoms with Gasteiger partial charge < -0.3 is 14.5 Å². The highest BCUT2D eigenvalue weighted by atomic mass is 35.5. The van der Waals surface area contributed by atoms with Gasteiger partial charge in [0, 0.05) is 16.3 Å². The Morgan fingerprint density at radius 3 is 2.55 bits per heavy atom. The van der Waals surface area contributed by atoms with Gasteiger partial charge in [-0.2, -0.15) is 8.78 Å². The second kappa shape index (κ2) is 10.5. The van der Waals surface area contributed by atoms with E-state index in [9.17, 15) is 13.6 Å². The van der Waals surface area contributed by atoms with Crippen molar-refractivity contribution in [3.63, 3.8) is 0 Å². The highest BCUT2D eigenvalue weighted by molar-refractivity contribution is 7.99. The highest BCUT2D eigenvalue weighted by Crippen LogP contribution is 2.27. The molecule has 0 unspecified atom stereocenters. The molecule has 2 aromatic heterocycles. The number of halogens is 3. The summed E-state index contributed by atoms with van der Waals surface area (Å²) >= 11 is 7.21. The van der Waals surface area contributed by atoms with Gasteiger partial charge in [0.1, 0.15) is 11.5 Å². The zero-order valence-corrected chi connectivity index (χ0v) is 18.5. The van der Waals surface area contributed by atoms with Crippen molar-refractivity contribution in [3.05, 3.63) is 77.7 Å². The van der Waals surface area contributed by atoms with Crippen LogP contribution in [0.1, 0.15) is 5.76 Å². The molecule has 0 aliphatic carbocycles. The summed E-state index contributed by atoms with van der Waals surface area (Å²) in [4.78, 5) is 12.4. The number of carbonyl (C=O) groups is 1. The van der Waals surface area contributed by atoms with E-state index in [-0.39, 0.29) is 17.4 Å². The molecule has 1 N–H and O–H groups in total. The normalized spacial score (nSPS) is 11.0. The van der Waals surface area contributed by atoms with Crippen LogP contribution in [0.25, 0.3) is 11.4 Å². The first kappa shape index (κ1) is 22.8. The summed E-state index contributed by atoms with van der Waals surface area (Å²) in [6, 6.07) is 16.5. The van der Waals surface area contributed by atoms with Gasteiger partial charge in [0.2, 0.25) is 5.91 Å². The number of hydrogen-bond acceptors (Lipinski definition) is 6. The minimum Gasteiger partial charge on any atom is -0.467 e. The number of nitrogens with zero attached hydrogens (tertiary/aromatic N) is 3. The fraction of sp³-hybridized carbons (Fsp3) is 0.136. The van der Waals surface area contributed by atoms with Crippen molar-refractivity contribution < 1.29 is 22.7 Å². The average molecular weight is 491 g/mol. The zero-order valence-electron chi connectivity index (χ0n) is 17.0. The van der Waals surface area contributed by atoms with Gasteiger partial charge in [-0.25, -0.2) is 0 Å². The maximum atomic E-state index is 12.4. The molecule has 0 atom stereocenters. The molecular formula is C22H17ClF2N4O3S. The molecule has 1 amide bonds. The van der Waals surface area contributed by atoms with E-state index >= 15 is 0 Å². The fourth-order valence-electron chi connectivity index (χ4n) is 2.96. The Bertz CT molecular complexity index is 1200. The van der Waals surface area contributed by atoms with Crippen LogP contribution in [-0.2, 0) is 11.3 Å². The van der Waals surface area contributed by atoms with Gasteiger partial charge >= 0.3 is 6.61 Å². The van der Waals surface area contributed by atoms with E-state index in [0.29, 0.717) is 34.0 Å². The van der Waals surface area contributed by atoms with Gasteiger partial charge in [0.25, 0.3) is 0 Å². The lowest BCUT2D eigenvalue weighted by atomic mass is 10.2. The molecule has 0 aliphatic rings. The third-order valence-corrected chi connectivity index (χ3v) is 5.63. The minimum absolute atomic E-state index is 0.0122. The number of furan rings is 1. The second-order valence-electron chi connectivity index (χ2n) is 6.72. The highest BCUT2D eigenvalue weighted by Gasteiger charge is 2.17. The third-order valence-electron chi connectivity index (χ3n) is 4.41. The molecule has 7 nitrogen and oxygen atoms in total. The van der Waals surface area contributed by atoms with Gasteiger partial charge in [-0.05, 0) is 60.7 Å². The number of aromatic nitrogens is 3. The van der Waals surface area contributed by atoms with Crippen LogP contribution in [0.4, 0.5) is 14.5 Å². The number of carbonyl (C=O) groups excluding carboxylic acids is 1. The molecule has 170 valence electrons. The first-order valence-electron chi connectivity index (χ1n) is 9.67. The molecule has 0 saturated heterocycles. The van der Waals surface area contributed by atoms with Crippen LogP contribution >= 0.6 is 23.4 Å². The van der Waals surface area contributed by atoms with Crippen LogP contribution in [0.2, 0.25) is 5.02 Å². The van der Waals surface area contributed by atoms with Gasteiger partial charge in [0.05, 0.1) is 18.6 Å². The van der Waals surface area contributed by atoms with Gasteiger partial charge in [0.15, 0.2) is 11.0 Å². The van der Waals surface area contributed by atoms with Crippen molar-refractivity contribution in [1.82, 2.24) is 14.8 Å². The van der Waals surface area contributed by atoms with Crippen molar-refractivity contribution in [2.24, 2.45) is 0 Å². The van der Waals surface area contributed by atoms with Crippen LogP contribution < -0.4 is 10.1 Å². The fourth-order valence-corrected chi connectivity index (χ4v) is 3.82. The molecule has 2 aromatic carbocycles. The maximum Gasteiger partial charge on any atom is 0.387 e. The summed E-state index contributed by atoms with van der Waals surface area (Å²) < 4.78 is 36.1. The molecule has 0 spiro atoms. The van der Waals surface area contributed by atoms with E-state index in [1.165, 1.54) is 36.0 Å². The predicted octanol–water partition coefficient (Wildman–Crippen LogP) is 5.57. The second-order valence-corrected chi connectivity index (χ2v) is 8.10. The molecular weight excluding hydrogens is 474 g/mol. The number of ether oxygens (including phenoxy) is 1. The van der Waals surface area contributed by atoms with Crippen molar-refractivity contribution in [3.8, 4) is 17.1 Å². The van der Waals surface area contributed by atoms with Gasteiger partial charge in [-0.1, -0.05) is 23.4 Å². The van der Waals surface area contributed by atoms with E-state index in [1.54, 1.807) is 24.5 Å². The topological polar surface area (TPSA) is 82.2 Å². The number of nitrogens with one attached hydrogen (secondary N) is 1. The lowest BCUT2D eigenvalue weighted by molar-refractivity contribution is -0.113. The zero-order chi connectivity index (χ0) is 23.2. The lowest BCUT2D eigenvalue weighted by Gasteiger charge is -2.10. The van der Waals surface area contributed by atoms with Crippen molar-refractivity contribution in [1.29, 1.82) is 0 Å². The number of hydrogen-bond donors (Lipinski definition) is 1. The number of benzene rings is 2. The molecule has 0 saturated carbocycles. The number of alkyl halides is 2. The Morgan fingerprint density at radius 2 is 1.88 bits per heavy atom. The molecule has 2 heterocycles. The Kier molecular flexibility index (Phi) is 7.26. The quantitative estimate of drug-likeness (QED) is 0.309. The van der Waals surface area contributed by atoms with Gasteiger partial charge in [-0.3, -0.25) is 9.36 Å². The monoisotopic (exact) mass is 490 g/mol. The maximum absolute atomic E-state index is 12.4. The molecule has 0 bridgehead atoms. The molecule has 4 aromatic rings. The predicted molar refractivity (Wildman–Crippen MR) is 121 cm³/mol. The van der Waals surface area contributed by atoms with Crippen LogP contribution in [0.5, 0.6) is 5.75 Å². The van der Waals surface area contributed by atoms with Crippen LogP contribution in [0, 0.1) is 0 Å². The van der Waals surface area contributed by atoms with E-state index in [1.807, 2.05) is 22.8 Å². The Morgan fingerprint density at radius 1 is 1.12 bits per heavy atom. The number of thioether (sulfide) groups is 1. The number of amides is 1. The van der Waals surface area contributed by atoms with Crippen LogP contribution in [0.3, 0.4) is 0 Å². The molecule has 11 heteroatoms. The smallest absolute Gasteiger partial charge is 0.387 e. The summed E-state index contributed by atoms with van der Waals surface area (Å²) in [6.07, 6.45) is 1.58. The third kappa shape index (κ3) is 6.11. The van der Waals surface area contributed by atoms with E-state index in [0.717, 1.165) is 5.56 Å². The van der Waals surface area contributed by atoms with E-state index in [4.69, 9.17) is 16.0 Å². The molecule has 33 heavy (non-hydrogen) atoms. The number of rotatable bonds is 9. The Balaban J connectivity index is 1.45. The van der Waals surface area contributed by atoms with Crippen LogP contribution in [-0.4, -0.2) is 33.0 Å². The van der Waals surface area contributed by atoms with Crippen molar-refractivity contribution in [2.45, 2.75) is 18.3 Å². The molecule has 0 radical (unpaired) electrons. The molecule has 0 aliphatic heterocycles. The lowest BCUT2D eigenvalue weighted by Crippen LogP contribution is -2.15. The first-order valence-corrected chi connectivity index (χ1v) is 11.0. The Labute approximate surface area is 196 Å². The average Bonchev–Trinajstić information content (AvgIpc) is 3.44. The van der Waals surface area contributed by atoms with E-state index < -0.39 is 6.61 Å². The van der Waals surface area contributed by atoms with E-state index in [2.05, 4.69) is 20.3 Å². The summed E-state index contributed by atoms with van der Waals surface area (Å²) in [5, 5.41) is 12.4. The van der Waals surface area contributed by atoms with Gasteiger partial charge in [-0.15, -0.1) is 10.2 Å². The SMILES string of the molecule is O=C(CSc1nnc(-c2ccc(Cl)cc2)n1Cc1ccco1)Nc1ccc(OC(F)F)cc1. The Hall–Kier alpha value is -3.37. The van der Waals surface area contributed by atoms with Crippen molar-refractivity contribution in [2.75, 3.05) is 11.1 Å². The largest absolute Gasteiger partial charge is 0.467 e. The summed E-state index contributed by atoms with van der Waals surface area (Å²) in [6.45, 7) is -2.52. The minimum atomic E-state index is -2.90. The summed E-state index contributed by atoms with van der Waals surface area (Å²) in [5.74, 6) is 1.11. The standard InChI is InChI=1S/C22H17ClF2N4O3S/c23-15-5-3-14(4-6-15)20-27-28-22(29(20)12-18-2-1-11-31-18)33-13-19(30)26-16-7-9-17(10-8-16)32-21(24)25/h1-11,21H,12-13H2,(H,26,30). The molecule has 4 rings (SSSR count). The molecule has 0 fully saturated rings. The van der Waals surface area contributed by atoms with Crippen LogP contribution in [0.15, 0.2) is 76.5 Å². The van der Waals surface area contributed by atoms with Crippen molar-refractivity contribution >= 4 is 35.0 Å². The summed E-state index contributed by atoms with van der Waals surface area (Å²) in [5.41, 5.74) is 1.28. The number of anilines is 1. The first-order chi connectivity index (χ1) is 16.0.